The highest BCUT2D eigenvalue weighted by Crippen LogP contribution is 2.21. The van der Waals surface area contributed by atoms with Crippen molar-refractivity contribution in [2.45, 2.75) is 19.0 Å². The van der Waals surface area contributed by atoms with E-state index in [1.54, 1.807) is 0 Å². The fraction of sp³-hybridized carbons (Fsp3) is 0.333. The lowest BCUT2D eigenvalue weighted by Crippen LogP contribution is -2.33. The fourth-order valence-electron chi connectivity index (χ4n) is 1.46. The lowest BCUT2D eigenvalue weighted by molar-refractivity contribution is 0.656. The van der Waals surface area contributed by atoms with Gasteiger partial charge in [0.05, 0.1) is 6.17 Å². The highest BCUT2D eigenvalue weighted by atomic mass is 15.0. The second-order valence-corrected chi connectivity index (χ2v) is 2.95. The molecular weight excluding hydrogens is 136 g/mol. The zero-order valence-electron chi connectivity index (χ0n) is 6.38. The van der Waals surface area contributed by atoms with E-state index in [9.17, 15) is 0 Å². The van der Waals surface area contributed by atoms with Crippen molar-refractivity contribution in [2.24, 2.45) is 5.73 Å². The van der Waals surface area contributed by atoms with Crippen LogP contribution in [-0.4, -0.2) is 6.17 Å². The van der Waals surface area contributed by atoms with Crippen molar-refractivity contribution in [2.75, 3.05) is 5.32 Å². The first-order valence-electron chi connectivity index (χ1n) is 3.96. The molecule has 2 heteroatoms. The minimum Gasteiger partial charge on any atom is -0.370 e. The van der Waals surface area contributed by atoms with E-state index < -0.39 is 0 Å². The normalized spacial score (nSPS) is 22.1. The van der Waals surface area contributed by atoms with Crippen LogP contribution in [-0.2, 0) is 6.42 Å². The van der Waals surface area contributed by atoms with Crippen molar-refractivity contribution >= 4 is 5.69 Å². The summed E-state index contributed by atoms with van der Waals surface area (Å²) >= 11 is 0. The molecule has 0 aliphatic carbocycles. The molecule has 0 saturated carbocycles. The van der Waals surface area contributed by atoms with Crippen LogP contribution in [0.25, 0.3) is 0 Å². The highest BCUT2D eigenvalue weighted by molar-refractivity contribution is 5.53. The molecule has 1 aliphatic heterocycles. The zero-order valence-corrected chi connectivity index (χ0v) is 6.38. The maximum atomic E-state index is 5.74. The van der Waals surface area contributed by atoms with E-state index in [2.05, 4.69) is 23.5 Å². The molecule has 0 spiro atoms. The van der Waals surface area contributed by atoms with Crippen LogP contribution in [0.3, 0.4) is 0 Å². The van der Waals surface area contributed by atoms with E-state index in [1.165, 1.54) is 11.3 Å². The van der Waals surface area contributed by atoms with Gasteiger partial charge in [-0.3, -0.25) is 0 Å². The maximum Gasteiger partial charge on any atom is 0.0746 e. The number of rotatable bonds is 0. The van der Waals surface area contributed by atoms with Crippen molar-refractivity contribution < 1.29 is 0 Å². The molecule has 0 unspecified atom stereocenters. The van der Waals surface area contributed by atoms with Gasteiger partial charge in [-0.1, -0.05) is 18.2 Å². The topological polar surface area (TPSA) is 38.0 Å². The highest BCUT2D eigenvalue weighted by Gasteiger charge is 2.12. The SMILES string of the molecule is N[C@H]1CCc2ccccc2N1. The van der Waals surface area contributed by atoms with Crippen molar-refractivity contribution in [3.63, 3.8) is 0 Å². The standard InChI is InChI=1S/C9H12N2/c10-9-6-5-7-3-1-2-4-8(7)11-9/h1-4,9,11H,5-6,10H2/t9-/m1/s1. The van der Waals surface area contributed by atoms with Crippen LogP contribution in [0.1, 0.15) is 12.0 Å². The van der Waals surface area contributed by atoms with Crippen LogP contribution in [0, 0.1) is 0 Å². The van der Waals surface area contributed by atoms with Crippen molar-refractivity contribution in [3.05, 3.63) is 29.8 Å². The maximum absolute atomic E-state index is 5.74. The number of hydrogen-bond donors (Lipinski definition) is 2. The largest absolute Gasteiger partial charge is 0.370 e. The fourth-order valence-corrected chi connectivity index (χ4v) is 1.46. The summed E-state index contributed by atoms with van der Waals surface area (Å²) in [5.41, 5.74) is 8.32. The smallest absolute Gasteiger partial charge is 0.0746 e. The number of hydrogen-bond acceptors (Lipinski definition) is 2. The summed E-state index contributed by atoms with van der Waals surface area (Å²) in [7, 11) is 0. The quantitative estimate of drug-likeness (QED) is 0.582. The van der Waals surface area contributed by atoms with Gasteiger partial charge in [0, 0.05) is 5.69 Å². The Labute approximate surface area is 66.4 Å². The second-order valence-electron chi connectivity index (χ2n) is 2.95. The molecule has 11 heavy (non-hydrogen) atoms. The Morgan fingerprint density at radius 2 is 2.18 bits per heavy atom. The molecule has 58 valence electrons. The third-order valence-electron chi connectivity index (χ3n) is 2.08. The van der Waals surface area contributed by atoms with E-state index in [-0.39, 0.29) is 6.17 Å². The first-order valence-corrected chi connectivity index (χ1v) is 3.96. The molecule has 0 saturated heterocycles. The number of nitrogens with one attached hydrogen (secondary N) is 1. The molecule has 0 fully saturated rings. The molecule has 1 aliphatic rings. The molecule has 2 rings (SSSR count). The molecule has 0 radical (unpaired) electrons. The summed E-state index contributed by atoms with van der Waals surface area (Å²) in [4.78, 5) is 0. The Kier molecular flexibility index (Phi) is 1.55. The van der Waals surface area contributed by atoms with Crippen LogP contribution in [0.4, 0.5) is 5.69 Å². The molecule has 0 amide bonds. The Hall–Kier alpha value is -1.02. The van der Waals surface area contributed by atoms with E-state index in [4.69, 9.17) is 5.73 Å². The minimum absolute atomic E-state index is 0.143. The lowest BCUT2D eigenvalue weighted by atomic mass is 10.0. The molecule has 1 atom stereocenters. The Balaban J connectivity index is 2.34. The Bertz CT molecular complexity index is 257. The molecule has 0 bridgehead atoms. The van der Waals surface area contributed by atoms with Gasteiger partial charge in [-0.25, -0.2) is 0 Å². The third kappa shape index (κ3) is 1.21. The van der Waals surface area contributed by atoms with Crippen molar-refractivity contribution in [1.29, 1.82) is 0 Å². The Morgan fingerprint density at radius 1 is 1.36 bits per heavy atom. The van der Waals surface area contributed by atoms with Gasteiger partial charge in [0.2, 0.25) is 0 Å². The predicted octanol–water partition coefficient (Wildman–Crippen LogP) is 1.33. The molecule has 1 aromatic rings. The number of para-hydroxylation sites is 1. The summed E-state index contributed by atoms with van der Waals surface area (Å²) in [6.07, 6.45) is 2.28. The van der Waals surface area contributed by atoms with Gasteiger partial charge in [0.15, 0.2) is 0 Å². The van der Waals surface area contributed by atoms with Crippen LogP contribution >= 0.6 is 0 Å². The molecular formula is C9H12N2. The third-order valence-corrected chi connectivity index (χ3v) is 2.08. The Morgan fingerprint density at radius 3 is 3.09 bits per heavy atom. The molecule has 0 aromatic heterocycles. The van der Waals surface area contributed by atoms with Crippen LogP contribution in [0.5, 0.6) is 0 Å². The van der Waals surface area contributed by atoms with E-state index in [1.807, 2.05) is 6.07 Å². The van der Waals surface area contributed by atoms with Gasteiger partial charge in [-0.05, 0) is 24.5 Å². The molecule has 2 nitrogen and oxygen atoms in total. The summed E-state index contributed by atoms with van der Waals surface area (Å²) < 4.78 is 0. The van der Waals surface area contributed by atoms with Gasteiger partial charge >= 0.3 is 0 Å². The van der Waals surface area contributed by atoms with Gasteiger partial charge < -0.3 is 11.1 Å². The lowest BCUT2D eigenvalue weighted by Gasteiger charge is -2.23. The monoisotopic (exact) mass is 148 g/mol. The molecule has 1 aromatic carbocycles. The van der Waals surface area contributed by atoms with Gasteiger partial charge in [-0.2, -0.15) is 0 Å². The van der Waals surface area contributed by atoms with E-state index in [0.717, 1.165) is 12.8 Å². The first kappa shape index (κ1) is 6.68. The van der Waals surface area contributed by atoms with Gasteiger partial charge in [0.1, 0.15) is 0 Å². The van der Waals surface area contributed by atoms with Crippen LogP contribution in [0.2, 0.25) is 0 Å². The summed E-state index contributed by atoms with van der Waals surface area (Å²) in [6.45, 7) is 0. The number of aryl methyl sites for hydroxylation is 1. The number of anilines is 1. The summed E-state index contributed by atoms with van der Waals surface area (Å²) in [6, 6.07) is 8.32. The zero-order chi connectivity index (χ0) is 7.68. The van der Waals surface area contributed by atoms with E-state index in [0.29, 0.717) is 0 Å². The van der Waals surface area contributed by atoms with Gasteiger partial charge in [0.25, 0.3) is 0 Å². The summed E-state index contributed by atoms with van der Waals surface area (Å²) in [5, 5.41) is 3.24. The number of nitrogens with two attached hydrogens (primary N) is 1. The molecule has 1 heterocycles. The predicted molar refractivity (Wildman–Crippen MR) is 46.4 cm³/mol. The van der Waals surface area contributed by atoms with Crippen molar-refractivity contribution in [1.82, 2.24) is 0 Å². The molecule has 3 N–H and O–H groups in total. The van der Waals surface area contributed by atoms with Crippen molar-refractivity contribution in [3.8, 4) is 0 Å². The average molecular weight is 148 g/mol. The average Bonchev–Trinajstić information content (AvgIpc) is 2.04. The summed E-state index contributed by atoms with van der Waals surface area (Å²) in [5.74, 6) is 0. The number of fused-ring (bicyclic) bond motifs is 1. The van der Waals surface area contributed by atoms with Crippen LogP contribution < -0.4 is 11.1 Å². The first-order chi connectivity index (χ1) is 5.36. The minimum atomic E-state index is 0.143. The second kappa shape index (κ2) is 2.55. The van der Waals surface area contributed by atoms with Crippen LogP contribution in [0.15, 0.2) is 24.3 Å². The van der Waals surface area contributed by atoms with Gasteiger partial charge in [-0.15, -0.1) is 0 Å². The number of benzene rings is 1. The van der Waals surface area contributed by atoms with E-state index >= 15 is 0 Å².